The molecular weight excluding hydrogens is 497 g/mol. The summed E-state index contributed by atoms with van der Waals surface area (Å²) in [6.45, 7) is 0.505. The monoisotopic (exact) mass is 515 g/mol. The molecule has 2 amide bonds. The minimum atomic E-state index is -0.490. The molecule has 1 heterocycles. The van der Waals surface area contributed by atoms with Crippen molar-refractivity contribution in [1.29, 1.82) is 0 Å². The number of hydrogen-bond donors (Lipinski definition) is 1. The summed E-state index contributed by atoms with van der Waals surface area (Å²) in [5.41, 5.74) is 4.67. The van der Waals surface area contributed by atoms with Crippen LogP contribution in [-0.2, 0) is 16.2 Å². The van der Waals surface area contributed by atoms with Crippen LogP contribution in [0.3, 0.4) is 0 Å². The summed E-state index contributed by atoms with van der Waals surface area (Å²) in [4.78, 5) is 26.5. The van der Waals surface area contributed by atoms with Gasteiger partial charge in [-0.15, -0.1) is 0 Å². The van der Waals surface area contributed by atoms with Gasteiger partial charge >= 0.3 is 0 Å². The molecule has 1 N–H and O–H groups in total. The van der Waals surface area contributed by atoms with Crippen molar-refractivity contribution in [1.82, 2.24) is 5.43 Å². The number of hydrazone groups is 1. The lowest BCUT2D eigenvalue weighted by atomic mass is 10.1. The maximum Gasteiger partial charge on any atom is 0.245 e. The van der Waals surface area contributed by atoms with Crippen LogP contribution in [0.4, 0.5) is 5.69 Å². The van der Waals surface area contributed by atoms with E-state index in [1.165, 1.54) is 6.21 Å². The van der Waals surface area contributed by atoms with E-state index < -0.39 is 5.92 Å². The normalized spacial score (nSPS) is 15.7. The van der Waals surface area contributed by atoms with Gasteiger partial charge in [-0.05, 0) is 54.1 Å². The van der Waals surface area contributed by atoms with E-state index in [0.717, 1.165) is 5.56 Å². The first kappa shape index (κ1) is 24.1. The molecule has 1 aliphatic heterocycles. The van der Waals surface area contributed by atoms with E-state index in [0.29, 0.717) is 32.1 Å². The molecular formula is C25H20Cl3N3O3. The Morgan fingerprint density at radius 1 is 1.06 bits per heavy atom. The molecule has 1 atom stereocenters. The molecule has 4 rings (SSSR count). The molecule has 1 saturated heterocycles. The second kappa shape index (κ2) is 10.9. The highest BCUT2D eigenvalue weighted by Gasteiger charge is 2.35. The fourth-order valence-corrected chi connectivity index (χ4v) is 4.16. The van der Waals surface area contributed by atoms with Gasteiger partial charge in [0.05, 0.1) is 12.1 Å². The largest absolute Gasteiger partial charge is 0.489 e. The van der Waals surface area contributed by atoms with E-state index in [1.54, 1.807) is 59.5 Å². The average molecular weight is 517 g/mol. The number of benzene rings is 3. The zero-order valence-corrected chi connectivity index (χ0v) is 20.1. The summed E-state index contributed by atoms with van der Waals surface area (Å²) >= 11 is 18.3. The molecule has 3 aromatic rings. The predicted molar refractivity (Wildman–Crippen MR) is 135 cm³/mol. The van der Waals surface area contributed by atoms with E-state index in [9.17, 15) is 9.59 Å². The number of rotatable bonds is 7. The second-order valence-electron chi connectivity index (χ2n) is 7.68. The number of halogens is 3. The van der Waals surface area contributed by atoms with E-state index in [-0.39, 0.29) is 31.4 Å². The molecule has 9 heteroatoms. The van der Waals surface area contributed by atoms with Crippen molar-refractivity contribution in [2.45, 2.75) is 13.0 Å². The standard InChI is InChI=1S/C25H20Cl3N3O3/c26-18-7-9-19(10-8-18)31-14-17(12-24(31)32)25(33)30-29-13-16-3-1-4-20(11-16)34-15-21-22(27)5-2-6-23(21)28/h1-11,13,17H,12,14-15H2,(H,30,33)/b29-13-/t17-/m0/s1. The van der Waals surface area contributed by atoms with Gasteiger partial charge < -0.3 is 9.64 Å². The molecule has 0 bridgehead atoms. The Labute approximate surface area is 212 Å². The smallest absolute Gasteiger partial charge is 0.245 e. The fraction of sp³-hybridized carbons (Fsp3) is 0.160. The molecule has 0 radical (unpaired) electrons. The first-order valence-corrected chi connectivity index (χ1v) is 11.6. The number of anilines is 1. The Bertz CT molecular complexity index is 1210. The first-order chi connectivity index (χ1) is 16.4. The number of carbonyl (C=O) groups excluding carboxylic acids is 2. The highest BCUT2D eigenvalue weighted by Crippen LogP contribution is 2.27. The quantitative estimate of drug-likeness (QED) is 0.322. The van der Waals surface area contributed by atoms with Gasteiger partial charge in [0.1, 0.15) is 12.4 Å². The van der Waals surface area contributed by atoms with Gasteiger partial charge in [0.15, 0.2) is 0 Å². The van der Waals surface area contributed by atoms with Gasteiger partial charge in [-0.1, -0.05) is 53.0 Å². The third-order valence-electron chi connectivity index (χ3n) is 5.33. The van der Waals surface area contributed by atoms with Crippen LogP contribution in [0, 0.1) is 5.92 Å². The van der Waals surface area contributed by atoms with Crippen LogP contribution in [-0.4, -0.2) is 24.6 Å². The zero-order chi connectivity index (χ0) is 24.1. The average Bonchev–Trinajstić information content (AvgIpc) is 3.21. The lowest BCUT2D eigenvalue weighted by molar-refractivity contribution is -0.126. The summed E-state index contributed by atoms with van der Waals surface area (Å²) in [6.07, 6.45) is 1.64. The Morgan fingerprint density at radius 2 is 1.76 bits per heavy atom. The maximum absolute atomic E-state index is 12.5. The highest BCUT2D eigenvalue weighted by molar-refractivity contribution is 6.36. The van der Waals surface area contributed by atoms with Crippen molar-refractivity contribution in [3.8, 4) is 5.75 Å². The minimum absolute atomic E-state index is 0.116. The van der Waals surface area contributed by atoms with E-state index in [1.807, 2.05) is 12.1 Å². The van der Waals surface area contributed by atoms with Gasteiger partial charge in [-0.3, -0.25) is 9.59 Å². The zero-order valence-electron chi connectivity index (χ0n) is 17.9. The molecule has 6 nitrogen and oxygen atoms in total. The molecule has 1 aliphatic rings. The molecule has 0 unspecified atom stereocenters. The van der Waals surface area contributed by atoms with Crippen molar-refractivity contribution in [3.05, 3.63) is 92.9 Å². The van der Waals surface area contributed by atoms with Crippen LogP contribution in [0.5, 0.6) is 5.75 Å². The molecule has 0 spiro atoms. The summed E-state index contributed by atoms with van der Waals surface area (Å²) in [7, 11) is 0. The van der Waals surface area contributed by atoms with E-state index in [2.05, 4.69) is 10.5 Å². The van der Waals surface area contributed by atoms with Gasteiger partial charge in [0.2, 0.25) is 11.8 Å². The number of nitrogens with zero attached hydrogens (tertiary/aromatic N) is 2. The number of hydrogen-bond acceptors (Lipinski definition) is 4. The number of carbonyl (C=O) groups is 2. The van der Waals surface area contributed by atoms with Crippen molar-refractivity contribution >= 4 is 58.5 Å². The summed E-state index contributed by atoms with van der Waals surface area (Å²) in [6, 6.07) is 19.4. The third-order valence-corrected chi connectivity index (χ3v) is 6.29. The van der Waals surface area contributed by atoms with E-state index >= 15 is 0 Å². The minimum Gasteiger partial charge on any atom is -0.489 e. The molecule has 174 valence electrons. The predicted octanol–water partition coefficient (Wildman–Crippen LogP) is 5.73. The van der Waals surface area contributed by atoms with Crippen LogP contribution in [0.15, 0.2) is 71.8 Å². The molecule has 34 heavy (non-hydrogen) atoms. The molecule has 0 aromatic heterocycles. The summed E-state index contributed by atoms with van der Waals surface area (Å²) < 4.78 is 5.81. The van der Waals surface area contributed by atoms with Crippen LogP contribution in [0.2, 0.25) is 15.1 Å². The Hall–Kier alpha value is -3.06. The molecule has 0 aliphatic carbocycles. The summed E-state index contributed by atoms with van der Waals surface area (Å²) in [5.74, 6) is -0.321. The SMILES string of the molecule is O=C(N/N=C\c1cccc(OCc2c(Cl)cccc2Cl)c1)[C@H]1CC(=O)N(c2ccc(Cl)cc2)C1. The molecule has 3 aromatic carbocycles. The lowest BCUT2D eigenvalue weighted by Crippen LogP contribution is -2.30. The maximum atomic E-state index is 12.5. The van der Waals surface area contributed by atoms with Crippen molar-refractivity contribution < 1.29 is 14.3 Å². The van der Waals surface area contributed by atoms with Crippen LogP contribution in [0.1, 0.15) is 17.5 Å². The third kappa shape index (κ3) is 5.89. The Kier molecular flexibility index (Phi) is 7.73. The first-order valence-electron chi connectivity index (χ1n) is 10.5. The van der Waals surface area contributed by atoms with Crippen LogP contribution >= 0.6 is 34.8 Å². The number of ether oxygens (including phenoxy) is 1. The van der Waals surface area contributed by atoms with Crippen molar-refractivity contribution in [3.63, 3.8) is 0 Å². The van der Waals surface area contributed by atoms with Gasteiger partial charge in [-0.25, -0.2) is 5.43 Å². The number of amides is 2. The lowest BCUT2D eigenvalue weighted by Gasteiger charge is -2.16. The van der Waals surface area contributed by atoms with Gasteiger partial charge in [0, 0.05) is 39.3 Å². The topological polar surface area (TPSA) is 71.0 Å². The van der Waals surface area contributed by atoms with Gasteiger partial charge in [0.25, 0.3) is 0 Å². The highest BCUT2D eigenvalue weighted by atomic mass is 35.5. The Balaban J connectivity index is 1.32. The molecule has 0 saturated carbocycles. The number of nitrogens with one attached hydrogen (secondary N) is 1. The van der Waals surface area contributed by atoms with E-state index in [4.69, 9.17) is 39.5 Å². The Morgan fingerprint density at radius 3 is 2.50 bits per heavy atom. The molecule has 1 fully saturated rings. The second-order valence-corrected chi connectivity index (χ2v) is 8.93. The van der Waals surface area contributed by atoms with Crippen molar-refractivity contribution in [2.75, 3.05) is 11.4 Å². The van der Waals surface area contributed by atoms with Crippen LogP contribution < -0.4 is 15.1 Å². The van der Waals surface area contributed by atoms with Crippen molar-refractivity contribution in [2.24, 2.45) is 11.0 Å². The fourth-order valence-electron chi connectivity index (χ4n) is 3.53. The summed E-state index contributed by atoms with van der Waals surface area (Å²) in [5, 5.41) is 5.69. The van der Waals surface area contributed by atoms with Crippen LogP contribution in [0.25, 0.3) is 0 Å². The van der Waals surface area contributed by atoms with Gasteiger partial charge in [-0.2, -0.15) is 5.10 Å².